The molecule has 4 rings (SSSR count). The van der Waals surface area contributed by atoms with Crippen LogP contribution < -0.4 is 14.9 Å². The molecule has 2 aliphatic heterocycles. The molecular weight excluding hydrogens is 332 g/mol. The summed E-state index contributed by atoms with van der Waals surface area (Å²) in [5.74, 6) is 1.76. The summed E-state index contributed by atoms with van der Waals surface area (Å²) < 4.78 is 17.7. The molecule has 0 aliphatic carbocycles. The van der Waals surface area contributed by atoms with Gasteiger partial charge in [0.1, 0.15) is 5.82 Å². The van der Waals surface area contributed by atoms with Crippen LogP contribution in [0.1, 0.15) is 23.6 Å². The summed E-state index contributed by atoms with van der Waals surface area (Å²) in [7, 11) is 0. The fourth-order valence-electron chi connectivity index (χ4n) is 2.72. The molecule has 8 nitrogen and oxygen atoms in total. The molecule has 126 valence electrons. The van der Waals surface area contributed by atoms with E-state index in [1.165, 1.54) is 11.8 Å². The van der Waals surface area contributed by atoms with Crippen molar-refractivity contribution in [2.75, 3.05) is 18.8 Å². The van der Waals surface area contributed by atoms with Gasteiger partial charge in [-0.3, -0.25) is 0 Å². The van der Waals surface area contributed by atoms with Crippen molar-refractivity contribution < 1.29 is 19.0 Å². The Labute approximate surface area is 142 Å². The number of thioether (sulfide) groups is 1. The van der Waals surface area contributed by atoms with Crippen LogP contribution >= 0.6 is 11.8 Å². The third kappa shape index (κ3) is 2.44. The molecule has 2 atom stereocenters. The highest BCUT2D eigenvalue weighted by Gasteiger charge is 2.38. The van der Waals surface area contributed by atoms with Crippen molar-refractivity contribution in [3.05, 3.63) is 29.6 Å². The van der Waals surface area contributed by atoms with Gasteiger partial charge in [0.2, 0.25) is 11.9 Å². The number of carbonyl (C=O) groups excluding carboxylic acids is 1. The van der Waals surface area contributed by atoms with Gasteiger partial charge in [-0.25, -0.2) is 9.47 Å². The molecule has 0 bridgehead atoms. The van der Waals surface area contributed by atoms with E-state index in [0.717, 1.165) is 5.56 Å². The van der Waals surface area contributed by atoms with Crippen molar-refractivity contribution in [2.45, 2.75) is 30.3 Å². The monoisotopic (exact) mass is 348 g/mol. The van der Waals surface area contributed by atoms with Gasteiger partial charge in [-0.2, -0.15) is 0 Å². The fraction of sp³-hybridized carbons (Fsp3) is 0.400. The molecule has 0 saturated heterocycles. The molecule has 1 N–H and O–H groups in total. The number of carbonyl (C=O) groups is 1. The summed E-state index contributed by atoms with van der Waals surface area (Å²) in [6.07, 6.45) is 0. The second-order valence-corrected chi connectivity index (χ2v) is 6.48. The predicted molar refractivity (Wildman–Crippen MR) is 85.7 cm³/mol. The summed E-state index contributed by atoms with van der Waals surface area (Å²) in [5, 5.41) is 8.70. The lowest BCUT2D eigenvalue weighted by Gasteiger charge is -2.31. The first-order valence-electron chi connectivity index (χ1n) is 7.58. The molecule has 0 spiro atoms. The normalized spacial score (nSPS) is 21.1. The van der Waals surface area contributed by atoms with Crippen molar-refractivity contribution >= 4 is 17.7 Å². The molecule has 3 heterocycles. The van der Waals surface area contributed by atoms with E-state index in [-0.39, 0.29) is 18.0 Å². The van der Waals surface area contributed by atoms with Crippen LogP contribution in [0.3, 0.4) is 0 Å². The SMILES string of the molecule is CCOC(=O)[C@H]1Nn2c(C)nnc2S[C@H]1c1ccc2c(c1)OCO2. The third-order valence-electron chi connectivity index (χ3n) is 3.86. The van der Waals surface area contributed by atoms with Crippen LogP contribution in [0.5, 0.6) is 11.5 Å². The number of rotatable bonds is 3. The molecule has 2 aliphatic rings. The van der Waals surface area contributed by atoms with E-state index >= 15 is 0 Å². The Morgan fingerprint density at radius 1 is 1.42 bits per heavy atom. The minimum Gasteiger partial charge on any atom is -0.464 e. The number of esters is 1. The quantitative estimate of drug-likeness (QED) is 0.838. The summed E-state index contributed by atoms with van der Waals surface area (Å²) in [6, 6.07) is 5.12. The highest BCUT2D eigenvalue weighted by Crippen LogP contribution is 2.44. The van der Waals surface area contributed by atoms with E-state index in [2.05, 4.69) is 15.6 Å². The number of aryl methyl sites for hydroxylation is 1. The van der Waals surface area contributed by atoms with Crippen molar-refractivity contribution in [3.8, 4) is 11.5 Å². The second-order valence-electron chi connectivity index (χ2n) is 5.38. The van der Waals surface area contributed by atoms with Crippen molar-refractivity contribution in [2.24, 2.45) is 0 Å². The number of aromatic nitrogens is 3. The first-order chi connectivity index (χ1) is 11.7. The van der Waals surface area contributed by atoms with Crippen LogP contribution in [-0.2, 0) is 9.53 Å². The smallest absolute Gasteiger partial charge is 0.331 e. The van der Waals surface area contributed by atoms with E-state index in [1.807, 2.05) is 25.1 Å². The average Bonchev–Trinajstić information content (AvgIpc) is 3.20. The highest BCUT2D eigenvalue weighted by molar-refractivity contribution is 7.99. The lowest BCUT2D eigenvalue weighted by Crippen LogP contribution is -2.43. The minimum absolute atomic E-state index is 0.212. The molecule has 0 radical (unpaired) electrons. The van der Waals surface area contributed by atoms with Crippen LogP contribution in [-0.4, -0.2) is 40.3 Å². The highest BCUT2D eigenvalue weighted by atomic mass is 32.2. The zero-order valence-electron chi connectivity index (χ0n) is 13.2. The number of hydrogen-bond acceptors (Lipinski definition) is 8. The number of benzene rings is 1. The molecule has 0 fully saturated rings. The maximum absolute atomic E-state index is 12.5. The Hall–Kier alpha value is -2.42. The molecule has 1 aromatic heterocycles. The van der Waals surface area contributed by atoms with Gasteiger partial charge in [0.05, 0.1) is 11.9 Å². The summed E-state index contributed by atoms with van der Waals surface area (Å²) in [4.78, 5) is 12.5. The summed E-state index contributed by atoms with van der Waals surface area (Å²) in [6.45, 7) is 4.15. The van der Waals surface area contributed by atoms with Gasteiger partial charge in [-0.15, -0.1) is 10.2 Å². The Morgan fingerprint density at radius 2 is 2.25 bits per heavy atom. The Kier molecular flexibility index (Phi) is 3.72. The Morgan fingerprint density at radius 3 is 3.08 bits per heavy atom. The standard InChI is InChI=1S/C15H16N4O4S/c1-3-21-14(20)12-13(24-15-17-16-8(2)19(15)18-12)9-4-5-10-11(6-9)23-7-22-10/h4-6,12-13,18H,3,7H2,1-2H3/t12-,13-/m0/s1. The Bertz CT molecular complexity index is 794. The first-order valence-corrected chi connectivity index (χ1v) is 8.46. The van der Waals surface area contributed by atoms with E-state index in [9.17, 15) is 4.79 Å². The molecule has 9 heteroatoms. The van der Waals surface area contributed by atoms with Gasteiger partial charge in [0.25, 0.3) is 0 Å². The maximum atomic E-state index is 12.5. The molecule has 24 heavy (non-hydrogen) atoms. The topological polar surface area (TPSA) is 87.5 Å². The molecule has 2 aromatic rings. The first kappa shape index (κ1) is 15.1. The van der Waals surface area contributed by atoms with Gasteiger partial charge >= 0.3 is 5.97 Å². The largest absolute Gasteiger partial charge is 0.464 e. The van der Waals surface area contributed by atoms with Crippen LogP contribution in [0.15, 0.2) is 23.4 Å². The predicted octanol–water partition coefficient (Wildman–Crippen LogP) is 1.64. The number of ether oxygens (including phenoxy) is 3. The van der Waals surface area contributed by atoms with Gasteiger partial charge in [0, 0.05) is 0 Å². The zero-order chi connectivity index (χ0) is 16.7. The maximum Gasteiger partial charge on any atom is 0.331 e. The van der Waals surface area contributed by atoms with Crippen molar-refractivity contribution in [1.29, 1.82) is 0 Å². The van der Waals surface area contributed by atoms with Crippen LogP contribution in [0.2, 0.25) is 0 Å². The van der Waals surface area contributed by atoms with E-state index < -0.39 is 6.04 Å². The van der Waals surface area contributed by atoms with Gasteiger partial charge in [-0.05, 0) is 31.5 Å². The van der Waals surface area contributed by atoms with E-state index in [1.54, 1.807) is 11.6 Å². The lowest BCUT2D eigenvalue weighted by atomic mass is 10.0. The zero-order valence-corrected chi connectivity index (χ0v) is 14.0. The lowest BCUT2D eigenvalue weighted by molar-refractivity contribution is -0.144. The molecular formula is C15H16N4O4S. The molecule has 0 unspecified atom stereocenters. The van der Waals surface area contributed by atoms with Gasteiger partial charge in [0.15, 0.2) is 17.5 Å². The fourth-order valence-corrected chi connectivity index (χ4v) is 3.91. The van der Waals surface area contributed by atoms with Gasteiger partial charge < -0.3 is 19.6 Å². The van der Waals surface area contributed by atoms with Crippen LogP contribution in [0.25, 0.3) is 0 Å². The second kappa shape index (κ2) is 5.90. The average molecular weight is 348 g/mol. The van der Waals surface area contributed by atoms with Crippen molar-refractivity contribution in [3.63, 3.8) is 0 Å². The van der Waals surface area contributed by atoms with E-state index in [4.69, 9.17) is 14.2 Å². The summed E-state index contributed by atoms with van der Waals surface area (Å²) >= 11 is 1.47. The molecule has 1 aromatic carbocycles. The van der Waals surface area contributed by atoms with E-state index in [0.29, 0.717) is 29.1 Å². The van der Waals surface area contributed by atoms with Crippen LogP contribution in [0, 0.1) is 6.92 Å². The minimum atomic E-state index is -0.558. The van der Waals surface area contributed by atoms with Crippen molar-refractivity contribution in [1.82, 2.24) is 14.9 Å². The molecule has 0 amide bonds. The number of nitrogens with zero attached hydrogens (tertiary/aromatic N) is 3. The van der Waals surface area contributed by atoms with Gasteiger partial charge in [-0.1, -0.05) is 17.8 Å². The summed E-state index contributed by atoms with van der Waals surface area (Å²) in [5.41, 5.74) is 4.10. The molecule has 0 saturated carbocycles. The number of nitrogens with one attached hydrogen (secondary N) is 1. The Balaban J connectivity index is 1.71. The van der Waals surface area contributed by atoms with Crippen LogP contribution in [0.4, 0.5) is 0 Å². The number of fused-ring (bicyclic) bond motifs is 2. The number of hydrogen-bond donors (Lipinski definition) is 1. The third-order valence-corrected chi connectivity index (χ3v) is 5.14.